The van der Waals surface area contributed by atoms with Crippen molar-refractivity contribution < 1.29 is 8.42 Å². The van der Waals surface area contributed by atoms with Crippen LogP contribution in [0.5, 0.6) is 0 Å². The maximum atomic E-state index is 12.9. The molecular formula is C15H23N5O2S. The second kappa shape index (κ2) is 6.84. The van der Waals surface area contributed by atoms with Gasteiger partial charge in [-0.2, -0.15) is 14.5 Å². The smallest absolute Gasteiger partial charge is 0.246 e. The van der Waals surface area contributed by atoms with Crippen molar-refractivity contribution in [2.75, 3.05) is 6.54 Å². The van der Waals surface area contributed by atoms with Crippen molar-refractivity contribution in [3.8, 4) is 0 Å². The lowest BCUT2D eigenvalue weighted by molar-refractivity contribution is 0.231. The van der Waals surface area contributed by atoms with E-state index in [0.717, 1.165) is 32.2 Å². The van der Waals surface area contributed by atoms with E-state index in [4.69, 9.17) is 0 Å². The van der Waals surface area contributed by atoms with Crippen molar-refractivity contribution >= 4 is 10.0 Å². The summed E-state index contributed by atoms with van der Waals surface area (Å²) < 4.78 is 31.0. The average molecular weight is 337 g/mol. The first kappa shape index (κ1) is 16.2. The van der Waals surface area contributed by atoms with Crippen molar-refractivity contribution in [3.63, 3.8) is 0 Å². The molecule has 1 atom stereocenters. The summed E-state index contributed by atoms with van der Waals surface area (Å²) in [7, 11) is -3.47. The molecule has 1 aliphatic rings. The zero-order valence-corrected chi connectivity index (χ0v) is 14.2. The molecule has 0 aromatic carbocycles. The number of rotatable bonds is 6. The van der Waals surface area contributed by atoms with E-state index < -0.39 is 10.0 Å². The van der Waals surface area contributed by atoms with Crippen LogP contribution in [-0.2, 0) is 23.1 Å². The Hall–Kier alpha value is -1.67. The van der Waals surface area contributed by atoms with Crippen molar-refractivity contribution in [3.05, 3.63) is 30.9 Å². The first-order valence-electron chi connectivity index (χ1n) is 8.13. The number of sulfonamides is 1. The molecule has 8 heteroatoms. The number of aromatic nitrogens is 4. The maximum absolute atomic E-state index is 12.9. The summed E-state index contributed by atoms with van der Waals surface area (Å²) in [5.41, 5.74) is 0. The van der Waals surface area contributed by atoms with Crippen LogP contribution in [0.15, 0.2) is 35.7 Å². The second-order valence-corrected chi connectivity index (χ2v) is 7.75. The van der Waals surface area contributed by atoms with Crippen LogP contribution in [0, 0.1) is 0 Å². The highest BCUT2D eigenvalue weighted by Crippen LogP contribution is 2.27. The van der Waals surface area contributed by atoms with E-state index in [2.05, 4.69) is 10.2 Å². The number of piperidine rings is 1. The predicted octanol–water partition coefficient (Wildman–Crippen LogP) is 1.73. The quantitative estimate of drug-likeness (QED) is 0.805. The first-order chi connectivity index (χ1) is 11.1. The molecule has 1 aliphatic heterocycles. The van der Waals surface area contributed by atoms with Gasteiger partial charge in [0, 0.05) is 44.3 Å². The monoisotopic (exact) mass is 337 g/mol. The van der Waals surface area contributed by atoms with Crippen LogP contribution in [0.4, 0.5) is 0 Å². The van der Waals surface area contributed by atoms with E-state index >= 15 is 0 Å². The molecule has 0 saturated carbocycles. The Kier molecular flexibility index (Phi) is 4.82. The molecule has 2 aromatic heterocycles. The summed E-state index contributed by atoms with van der Waals surface area (Å²) in [6, 6.07) is 1.91. The van der Waals surface area contributed by atoms with Gasteiger partial charge in [0.1, 0.15) is 4.90 Å². The van der Waals surface area contributed by atoms with Crippen LogP contribution in [0.1, 0.15) is 32.6 Å². The molecule has 1 fully saturated rings. The molecule has 0 spiro atoms. The Morgan fingerprint density at radius 3 is 2.83 bits per heavy atom. The normalized spacial score (nSPS) is 20.0. The van der Waals surface area contributed by atoms with Crippen LogP contribution in [0.25, 0.3) is 0 Å². The van der Waals surface area contributed by atoms with Crippen LogP contribution < -0.4 is 0 Å². The van der Waals surface area contributed by atoms with Gasteiger partial charge in [0.25, 0.3) is 0 Å². The molecule has 2 aromatic rings. The zero-order valence-electron chi connectivity index (χ0n) is 13.4. The molecule has 1 saturated heterocycles. The Morgan fingerprint density at radius 2 is 2.13 bits per heavy atom. The predicted molar refractivity (Wildman–Crippen MR) is 86.3 cm³/mol. The van der Waals surface area contributed by atoms with E-state index in [1.807, 2.05) is 23.9 Å². The molecule has 0 aliphatic carbocycles. The van der Waals surface area contributed by atoms with Gasteiger partial charge in [-0.25, -0.2) is 8.42 Å². The third kappa shape index (κ3) is 3.48. The van der Waals surface area contributed by atoms with E-state index in [9.17, 15) is 8.42 Å². The van der Waals surface area contributed by atoms with Crippen LogP contribution in [0.3, 0.4) is 0 Å². The molecule has 0 amide bonds. The SMILES string of the molecule is CCn1cc(S(=O)(=O)N2CCCC[C@@H]2CCn2cccn2)cn1. The van der Waals surface area contributed by atoms with Gasteiger partial charge in [-0.15, -0.1) is 0 Å². The fourth-order valence-electron chi connectivity index (χ4n) is 3.08. The van der Waals surface area contributed by atoms with Crippen molar-refractivity contribution in [1.82, 2.24) is 23.9 Å². The van der Waals surface area contributed by atoms with E-state index in [1.165, 1.54) is 6.20 Å². The highest BCUT2D eigenvalue weighted by atomic mass is 32.2. The zero-order chi connectivity index (χ0) is 16.3. The molecule has 23 heavy (non-hydrogen) atoms. The lowest BCUT2D eigenvalue weighted by atomic mass is 10.0. The summed E-state index contributed by atoms with van der Waals surface area (Å²) in [5.74, 6) is 0. The van der Waals surface area contributed by atoms with Crippen LogP contribution in [-0.4, -0.2) is 44.9 Å². The average Bonchev–Trinajstić information content (AvgIpc) is 3.24. The van der Waals surface area contributed by atoms with Crippen LogP contribution >= 0.6 is 0 Å². The second-order valence-electron chi connectivity index (χ2n) is 5.85. The van der Waals surface area contributed by atoms with Gasteiger partial charge in [-0.1, -0.05) is 6.42 Å². The standard InChI is InChI=1S/C15H23N5O2S/c1-2-18-13-15(12-17-18)23(21,22)20-10-4-3-6-14(20)7-11-19-9-5-8-16-19/h5,8-9,12-14H,2-4,6-7,10-11H2,1H3/t14-/m1/s1. The Balaban J connectivity index is 1.76. The number of hydrogen-bond donors (Lipinski definition) is 0. The van der Waals surface area contributed by atoms with Gasteiger partial charge in [0.05, 0.1) is 6.20 Å². The van der Waals surface area contributed by atoms with Crippen molar-refractivity contribution in [2.24, 2.45) is 0 Å². The van der Waals surface area contributed by atoms with Crippen molar-refractivity contribution in [1.29, 1.82) is 0 Å². The van der Waals surface area contributed by atoms with Crippen molar-refractivity contribution in [2.45, 2.75) is 56.6 Å². The number of hydrogen-bond acceptors (Lipinski definition) is 4. The highest BCUT2D eigenvalue weighted by molar-refractivity contribution is 7.89. The van der Waals surface area contributed by atoms with Gasteiger partial charge in [-0.05, 0) is 32.3 Å². The lowest BCUT2D eigenvalue weighted by Crippen LogP contribution is -2.44. The first-order valence-corrected chi connectivity index (χ1v) is 9.57. The highest BCUT2D eigenvalue weighted by Gasteiger charge is 2.34. The molecule has 126 valence electrons. The summed E-state index contributed by atoms with van der Waals surface area (Å²) in [6.45, 7) is 3.93. The molecule has 7 nitrogen and oxygen atoms in total. The van der Waals surface area contributed by atoms with Gasteiger partial charge in [-0.3, -0.25) is 9.36 Å². The van der Waals surface area contributed by atoms with Crippen LogP contribution in [0.2, 0.25) is 0 Å². The summed E-state index contributed by atoms with van der Waals surface area (Å²) in [4.78, 5) is 0.297. The molecular weight excluding hydrogens is 314 g/mol. The van der Waals surface area contributed by atoms with Gasteiger partial charge < -0.3 is 0 Å². The molecule has 0 unspecified atom stereocenters. The summed E-state index contributed by atoms with van der Waals surface area (Å²) >= 11 is 0. The maximum Gasteiger partial charge on any atom is 0.246 e. The summed E-state index contributed by atoms with van der Waals surface area (Å²) in [5, 5.41) is 8.30. The lowest BCUT2D eigenvalue weighted by Gasteiger charge is -2.34. The number of aryl methyl sites for hydroxylation is 2. The molecule has 3 heterocycles. The molecule has 0 bridgehead atoms. The minimum absolute atomic E-state index is 0.0305. The van der Waals surface area contributed by atoms with Gasteiger partial charge >= 0.3 is 0 Å². The fourth-order valence-corrected chi connectivity index (χ4v) is 4.76. The van der Waals surface area contributed by atoms with E-state index in [-0.39, 0.29) is 6.04 Å². The fraction of sp³-hybridized carbons (Fsp3) is 0.600. The third-order valence-electron chi connectivity index (χ3n) is 4.36. The minimum atomic E-state index is -3.47. The molecule has 0 N–H and O–H groups in total. The Labute approximate surface area is 137 Å². The van der Waals surface area contributed by atoms with Gasteiger partial charge in [0.15, 0.2) is 0 Å². The van der Waals surface area contributed by atoms with E-state index in [0.29, 0.717) is 18.0 Å². The minimum Gasteiger partial charge on any atom is -0.273 e. The largest absolute Gasteiger partial charge is 0.273 e. The molecule has 3 rings (SSSR count). The summed E-state index contributed by atoms with van der Waals surface area (Å²) in [6.07, 6.45) is 10.4. The third-order valence-corrected chi connectivity index (χ3v) is 6.27. The molecule has 0 radical (unpaired) electrons. The Bertz CT molecular complexity index is 723. The Morgan fingerprint density at radius 1 is 1.26 bits per heavy atom. The van der Waals surface area contributed by atoms with E-state index in [1.54, 1.807) is 21.4 Å². The topological polar surface area (TPSA) is 73.0 Å². The number of nitrogens with zero attached hydrogens (tertiary/aromatic N) is 5. The van der Waals surface area contributed by atoms with Gasteiger partial charge in [0.2, 0.25) is 10.0 Å².